The summed E-state index contributed by atoms with van der Waals surface area (Å²) < 4.78 is 0. The van der Waals surface area contributed by atoms with E-state index in [0.29, 0.717) is 5.82 Å². The van der Waals surface area contributed by atoms with E-state index in [0.717, 1.165) is 44.1 Å². The molecular formula is C20H24N4O. The molecule has 25 heavy (non-hydrogen) atoms. The lowest BCUT2D eigenvalue weighted by Crippen LogP contribution is -2.35. The van der Waals surface area contributed by atoms with E-state index in [4.69, 9.17) is 0 Å². The number of hydrogen-bond acceptors (Lipinski definition) is 4. The maximum Gasteiger partial charge on any atom is 0.228 e. The molecule has 1 aromatic carbocycles. The van der Waals surface area contributed by atoms with E-state index in [2.05, 4.69) is 50.7 Å². The fraction of sp³-hybridized carbons (Fsp3) is 0.450. The largest absolute Gasteiger partial charge is 0.355 e. The molecule has 2 fully saturated rings. The zero-order chi connectivity index (χ0) is 17.1. The Hall–Kier alpha value is -2.43. The van der Waals surface area contributed by atoms with E-state index in [1.807, 2.05) is 12.1 Å². The molecular weight excluding hydrogens is 312 g/mol. The van der Waals surface area contributed by atoms with Crippen LogP contribution in [0.5, 0.6) is 0 Å². The Morgan fingerprint density at radius 3 is 2.40 bits per heavy atom. The molecule has 1 aliphatic heterocycles. The topological polar surface area (TPSA) is 58.1 Å². The Balaban J connectivity index is 1.29. The van der Waals surface area contributed by atoms with E-state index in [1.165, 1.54) is 18.4 Å². The first-order valence-corrected chi connectivity index (χ1v) is 9.21. The van der Waals surface area contributed by atoms with E-state index in [1.54, 1.807) is 0 Å². The van der Waals surface area contributed by atoms with Crippen LogP contribution in [0, 0.1) is 11.8 Å². The first kappa shape index (κ1) is 16.1. The first-order chi connectivity index (χ1) is 12.3. The predicted octanol–water partition coefficient (Wildman–Crippen LogP) is 3.28. The second-order valence-electron chi connectivity index (χ2n) is 7.16. The highest BCUT2D eigenvalue weighted by Crippen LogP contribution is 2.30. The van der Waals surface area contributed by atoms with Crippen LogP contribution in [-0.4, -0.2) is 29.2 Å². The van der Waals surface area contributed by atoms with Gasteiger partial charge in [-0.25, -0.2) is 0 Å². The van der Waals surface area contributed by atoms with Gasteiger partial charge in [0, 0.05) is 19.0 Å². The normalized spacial score (nSPS) is 18.2. The molecule has 1 N–H and O–H groups in total. The lowest BCUT2D eigenvalue weighted by molar-refractivity contribution is -0.117. The van der Waals surface area contributed by atoms with Gasteiger partial charge in [0.15, 0.2) is 11.6 Å². The highest BCUT2D eigenvalue weighted by atomic mass is 16.2. The summed E-state index contributed by atoms with van der Waals surface area (Å²) in [6.07, 6.45) is 5.50. The summed E-state index contributed by atoms with van der Waals surface area (Å²) in [6, 6.07) is 14.6. The average molecular weight is 336 g/mol. The SMILES string of the molecule is O=C(Nc1ccc(N2CCC(Cc3ccccc3)CC2)nn1)C1CC1. The number of carbonyl (C=O) groups is 1. The van der Waals surface area contributed by atoms with Crippen LogP contribution in [-0.2, 0) is 11.2 Å². The van der Waals surface area contributed by atoms with Crippen molar-refractivity contribution in [1.82, 2.24) is 10.2 Å². The van der Waals surface area contributed by atoms with Crippen molar-refractivity contribution in [3.8, 4) is 0 Å². The second-order valence-corrected chi connectivity index (χ2v) is 7.16. The maximum absolute atomic E-state index is 11.8. The van der Waals surface area contributed by atoms with Gasteiger partial charge in [0.1, 0.15) is 0 Å². The van der Waals surface area contributed by atoms with Crippen LogP contribution in [0.25, 0.3) is 0 Å². The summed E-state index contributed by atoms with van der Waals surface area (Å²) in [7, 11) is 0. The Morgan fingerprint density at radius 1 is 1.00 bits per heavy atom. The summed E-state index contributed by atoms with van der Waals surface area (Å²) in [4.78, 5) is 14.1. The molecule has 5 nitrogen and oxygen atoms in total. The number of aromatic nitrogens is 2. The number of anilines is 2. The molecule has 5 heteroatoms. The highest BCUT2D eigenvalue weighted by molar-refractivity contribution is 5.93. The number of benzene rings is 1. The van der Waals surface area contributed by atoms with Gasteiger partial charge in [-0.15, -0.1) is 10.2 Å². The van der Waals surface area contributed by atoms with Crippen molar-refractivity contribution < 1.29 is 4.79 Å². The Morgan fingerprint density at radius 2 is 1.76 bits per heavy atom. The van der Waals surface area contributed by atoms with Gasteiger partial charge >= 0.3 is 0 Å². The van der Waals surface area contributed by atoms with Crippen molar-refractivity contribution in [2.24, 2.45) is 11.8 Å². The molecule has 0 radical (unpaired) electrons. The molecule has 0 bridgehead atoms. The average Bonchev–Trinajstić information content (AvgIpc) is 3.49. The zero-order valence-corrected chi connectivity index (χ0v) is 14.4. The zero-order valence-electron chi connectivity index (χ0n) is 14.4. The molecule has 1 aliphatic carbocycles. The van der Waals surface area contributed by atoms with E-state index in [9.17, 15) is 4.79 Å². The summed E-state index contributed by atoms with van der Waals surface area (Å²) in [5.74, 6) is 2.46. The molecule has 0 unspecified atom stereocenters. The lowest BCUT2D eigenvalue weighted by atomic mass is 9.90. The predicted molar refractivity (Wildman–Crippen MR) is 98.5 cm³/mol. The number of nitrogens with one attached hydrogen (secondary N) is 1. The third kappa shape index (κ3) is 4.16. The number of rotatable bonds is 5. The van der Waals surface area contributed by atoms with Crippen LogP contribution in [0.4, 0.5) is 11.6 Å². The first-order valence-electron chi connectivity index (χ1n) is 9.21. The van der Waals surface area contributed by atoms with Crippen LogP contribution >= 0.6 is 0 Å². The van der Waals surface area contributed by atoms with E-state index in [-0.39, 0.29) is 11.8 Å². The number of hydrogen-bond donors (Lipinski definition) is 1. The minimum atomic E-state index is 0.0729. The monoisotopic (exact) mass is 336 g/mol. The molecule has 1 saturated carbocycles. The molecule has 0 spiro atoms. The van der Waals surface area contributed by atoms with Crippen molar-refractivity contribution in [1.29, 1.82) is 0 Å². The molecule has 0 atom stereocenters. The van der Waals surface area contributed by atoms with E-state index < -0.39 is 0 Å². The van der Waals surface area contributed by atoms with Gasteiger partial charge in [-0.3, -0.25) is 4.79 Å². The summed E-state index contributed by atoms with van der Waals surface area (Å²) >= 11 is 0. The molecule has 130 valence electrons. The van der Waals surface area contributed by atoms with Crippen molar-refractivity contribution in [2.75, 3.05) is 23.3 Å². The molecule has 2 heterocycles. The number of nitrogens with zero attached hydrogens (tertiary/aromatic N) is 3. The molecule has 1 aromatic heterocycles. The van der Waals surface area contributed by atoms with Crippen molar-refractivity contribution in [2.45, 2.75) is 32.1 Å². The number of carbonyl (C=O) groups excluding carboxylic acids is 1. The van der Waals surface area contributed by atoms with Crippen molar-refractivity contribution in [3.05, 3.63) is 48.0 Å². The van der Waals surface area contributed by atoms with Gasteiger partial charge in [-0.05, 0) is 55.7 Å². The van der Waals surface area contributed by atoms with Crippen LogP contribution in [0.2, 0.25) is 0 Å². The highest BCUT2D eigenvalue weighted by Gasteiger charge is 2.30. The summed E-state index contributed by atoms with van der Waals surface area (Å²) in [6.45, 7) is 2.03. The van der Waals surface area contributed by atoms with Crippen LogP contribution < -0.4 is 10.2 Å². The third-order valence-corrected chi connectivity index (χ3v) is 5.16. The number of piperidine rings is 1. The Labute approximate surface area is 148 Å². The van der Waals surface area contributed by atoms with Crippen LogP contribution in [0.3, 0.4) is 0 Å². The molecule has 1 amide bonds. The Bertz CT molecular complexity index is 704. The second kappa shape index (κ2) is 7.21. The maximum atomic E-state index is 11.8. The van der Waals surface area contributed by atoms with Gasteiger partial charge in [0.25, 0.3) is 0 Å². The molecule has 1 saturated heterocycles. The van der Waals surface area contributed by atoms with Gasteiger partial charge in [-0.1, -0.05) is 30.3 Å². The van der Waals surface area contributed by atoms with Crippen LogP contribution in [0.1, 0.15) is 31.2 Å². The fourth-order valence-corrected chi connectivity index (χ4v) is 3.45. The van der Waals surface area contributed by atoms with Crippen LogP contribution in [0.15, 0.2) is 42.5 Å². The lowest BCUT2D eigenvalue weighted by Gasteiger charge is -2.32. The summed E-state index contributed by atoms with van der Waals surface area (Å²) in [5, 5.41) is 11.3. The number of amides is 1. The minimum absolute atomic E-state index is 0.0729. The quantitative estimate of drug-likeness (QED) is 0.910. The smallest absolute Gasteiger partial charge is 0.228 e. The van der Waals surface area contributed by atoms with Crippen molar-refractivity contribution >= 4 is 17.5 Å². The minimum Gasteiger partial charge on any atom is -0.355 e. The van der Waals surface area contributed by atoms with Gasteiger partial charge in [-0.2, -0.15) is 0 Å². The third-order valence-electron chi connectivity index (χ3n) is 5.16. The standard InChI is InChI=1S/C20H24N4O/c25-20(17-6-7-17)21-18-8-9-19(23-22-18)24-12-10-16(11-13-24)14-15-4-2-1-3-5-15/h1-5,8-9,16-17H,6-7,10-14H2,(H,21,22,25). The van der Waals surface area contributed by atoms with Gasteiger partial charge < -0.3 is 10.2 Å². The molecule has 2 aromatic rings. The van der Waals surface area contributed by atoms with Gasteiger partial charge in [0.05, 0.1) is 0 Å². The van der Waals surface area contributed by atoms with Crippen molar-refractivity contribution in [3.63, 3.8) is 0 Å². The van der Waals surface area contributed by atoms with E-state index >= 15 is 0 Å². The van der Waals surface area contributed by atoms with Gasteiger partial charge in [0.2, 0.25) is 5.91 Å². The molecule has 4 rings (SSSR count). The fourth-order valence-electron chi connectivity index (χ4n) is 3.45. The Kier molecular flexibility index (Phi) is 4.63. The molecule has 2 aliphatic rings. The summed E-state index contributed by atoms with van der Waals surface area (Å²) in [5.41, 5.74) is 1.43.